The molecule has 54 valence electrons. The molecule has 0 spiro atoms. The molecule has 0 saturated carbocycles. The molecule has 0 aromatic carbocycles. The van der Waals surface area contributed by atoms with Crippen molar-refractivity contribution in [3.63, 3.8) is 0 Å². The minimum atomic E-state index is -0.527. The van der Waals surface area contributed by atoms with Crippen LogP contribution in [0.5, 0.6) is 0 Å². The van der Waals surface area contributed by atoms with Gasteiger partial charge in [-0.15, -0.1) is 0 Å². The van der Waals surface area contributed by atoms with Crippen molar-refractivity contribution < 1.29 is 15.3 Å². The molecule has 3 nitrogen and oxygen atoms in total. The zero-order valence-electron chi connectivity index (χ0n) is 5.34. The standard InChI is InChI=1S/C6H12O3/c7-5-3-1-2-4-6(8)9/h8-9H,1-5H2. The topological polar surface area (TPSA) is 60.4 Å². The van der Waals surface area contributed by atoms with Gasteiger partial charge in [0.15, 0.2) is 0 Å². The van der Waals surface area contributed by atoms with Crippen LogP contribution in [0.2, 0.25) is 0 Å². The van der Waals surface area contributed by atoms with Gasteiger partial charge in [0.25, 0.3) is 0 Å². The molecule has 0 amide bonds. The Morgan fingerprint density at radius 3 is 2.22 bits per heavy atom. The monoisotopic (exact) mass is 132 g/mol. The highest BCUT2D eigenvalue weighted by Crippen LogP contribution is 2.04. The summed E-state index contributed by atoms with van der Waals surface area (Å²) in [4.78, 5) is 0. The zero-order chi connectivity index (χ0) is 7.11. The molecule has 0 aliphatic heterocycles. The third-order valence-corrected chi connectivity index (χ3v) is 1.04. The van der Waals surface area contributed by atoms with E-state index in [1.807, 2.05) is 0 Å². The van der Waals surface area contributed by atoms with Gasteiger partial charge in [0.1, 0.15) is 0 Å². The summed E-state index contributed by atoms with van der Waals surface area (Å²) in [5.41, 5.74) is 0. The maximum Gasteiger partial charge on any atom is 0.218 e. The summed E-state index contributed by atoms with van der Waals surface area (Å²) in [5.74, 6) is 0. The summed E-state index contributed by atoms with van der Waals surface area (Å²) in [6.45, 7) is -0.0633. The van der Waals surface area contributed by atoms with Crippen LogP contribution in [0.3, 0.4) is 0 Å². The van der Waals surface area contributed by atoms with Crippen LogP contribution in [0.15, 0.2) is 0 Å². The molecule has 0 heterocycles. The summed E-state index contributed by atoms with van der Waals surface area (Å²) in [6.07, 6.45) is 1.90. The van der Waals surface area contributed by atoms with E-state index < -0.39 is 6.29 Å². The van der Waals surface area contributed by atoms with Crippen molar-refractivity contribution in [2.24, 2.45) is 0 Å². The lowest BCUT2D eigenvalue weighted by Gasteiger charge is -1.98. The molecule has 0 aliphatic carbocycles. The van der Waals surface area contributed by atoms with Crippen molar-refractivity contribution >= 4 is 0 Å². The third-order valence-electron chi connectivity index (χ3n) is 1.04. The van der Waals surface area contributed by atoms with E-state index in [0.29, 0.717) is 19.3 Å². The second-order valence-corrected chi connectivity index (χ2v) is 1.93. The van der Waals surface area contributed by atoms with Crippen molar-refractivity contribution in [1.29, 1.82) is 0 Å². The Bertz CT molecular complexity index is 54.3. The quantitative estimate of drug-likeness (QED) is 0.552. The normalized spacial score (nSPS) is 10.7. The smallest absolute Gasteiger partial charge is 0.218 e. The van der Waals surface area contributed by atoms with E-state index in [1.165, 1.54) is 0 Å². The minimum absolute atomic E-state index is 0.0633. The summed E-state index contributed by atoms with van der Waals surface area (Å²) < 4.78 is 0. The van der Waals surface area contributed by atoms with Crippen molar-refractivity contribution in [3.05, 3.63) is 6.29 Å². The van der Waals surface area contributed by atoms with Gasteiger partial charge >= 0.3 is 0 Å². The van der Waals surface area contributed by atoms with Crippen molar-refractivity contribution in [2.75, 3.05) is 6.61 Å². The molecular weight excluding hydrogens is 120 g/mol. The molecule has 0 aliphatic rings. The average Bonchev–Trinajstić information content (AvgIpc) is 1.80. The fourth-order valence-corrected chi connectivity index (χ4v) is 0.562. The first-order valence-electron chi connectivity index (χ1n) is 3.09. The van der Waals surface area contributed by atoms with E-state index in [2.05, 4.69) is 0 Å². The molecule has 0 atom stereocenters. The second-order valence-electron chi connectivity index (χ2n) is 1.93. The van der Waals surface area contributed by atoms with E-state index in [1.54, 1.807) is 0 Å². The summed E-state index contributed by atoms with van der Waals surface area (Å²) in [5, 5.41) is 26.3. The van der Waals surface area contributed by atoms with Gasteiger partial charge in [-0.05, 0) is 12.8 Å². The van der Waals surface area contributed by atoms with Gasteiger partial charge in [-0.3, -0.25) is 0 Å². The Morgan fingerprint density at radius 2 is 1.78 bits per heavy atom. The van der Waals surface area contributed by atoms with Gasteiger partial charge < -0.3 is 10.2 Å². The van der Waals surface area contributed by atoms with E-state index in [9.17, 15) is 5.11 Å². The second kappa shape index (κ2) is 6.01. The van der Waals surface area contributed by atoms with Gasteiger partial charge in [-0.2, -0.15) is 0 Å². The van der Waals surface area contributed by atoms with Crippen LogP contribution in [-0.4, -0.2) is 16.8 Å². The van der Waals surface area contributed by atoms with Gasteiger partial charge in [0.05, 0.1) is 6.61 Å². The molecule has 3 heteroatoms. The SMILES string of the molecule is [O]CCCCC[C](O)O. The molecule has 0 unspecified atom stereocenters. The first-order valence-corrected chi connectivity index (χ1v) is 3.09. The lowest BCUT2D eigenvalue weighted by Crippen LogP contribution is -1.92. The molecular formula is C6H12O3. The highest BCUT2D eigenvalue weighted by molar-refractivity contribution is 4.56. The van der Waals surface area contributed by atoms with Crippen LogP contribution in [0, 0.1) is 6.29 Å². The lowest BCUT2D eigenvalue weighted by molar-refractivity contribution is 0.0696. The van der Waals surface area contributed by atoms with Gasteiger partial charge in [0, 0.05) is 6.42 Å². The summed E-state index contributed by atoms with van der Waals surface area (Å²) in [7, 11) is 0. The molecule has 0 rings (SSSR count). The van der Waals surface area contributed by atoms with Crippen molar-refractivity contribution in [1.82, 2.24) is 0 Å². The number of hydrogen-bond acceptors (Lipinski definition) is 2. The molecule has 2 N–H and O–H groups in total. The molecule has 9 heavy (non-hydrogen) atoms. The fraction of sp³-hybridized carbons (Fsp3) is 0.833. The Hall–Kier alpha value is -0.120. The number of hydrogen-bond donors (Lipinski definition) is 2. The zero-order valence-corrected chi connectivity index (χ0v) is 5.34. The molecule has 0 aromatic rings. The molecule has 2 radical (unpaired) electrons. The first-order chi connectivity index (χ1) is 4.27. The fourth-order valence-electron chi connectivity index (χ4n) is 0.562. The predicted octanol–water partition coefficient (Wildman–Crippen LogP) is 1.21. The summed E-state index contributed by atoms with van der Waals surface area (Å²) >= 11 is 0. The Balaban J connectivity index is 2.75. The molecule has 0 bridgehead atoms. The number of unbranched alkanes of at least 4 members (excludes halogenated alkanes) is 2. The van der Waals surface area contributed by atoms with E-state index in [4.69, 9.17) is 10.2 Å². The van der Waals surface area contributed by atoms with Gasteiger partial charge in [0.2, 0.25) is 6.29 Å². The maximum atomic E-state index is 9.84. The average molecular weight is 132 g/mol. The number of aliphatic hydroxyl groups excluding tert-OH is 1. The van der Waals surface area contributed by atoms with Crippen LogP contribution in [0.25, 0.3) is 0 Å². The molecule has 0 saturated heterocycles. The van der Waals surface area contributed by atoms with Crippen molar-refractivity contribution in [2.45, 2.75) is 25.7 Å². The van der Waals surface area contributed by atoms with Crippen LogP contribution in [-0.2, 0) is 5.11 Å². The van der Waals surface area contributed by atoms with E-state index in [-0.39, 0.29) is 6.61 Å². The van der Waals surface area contributed by atoms with Gasteiger partial charge in [-0.25, -0.2) is 5.11 Å². The predicted molar refractivity (Wildman–Crippen MR) is 31.1 cm³/mol. The van der Waals surface area contributed by atoms with Crippen LogP contribution in [0.1, 0.15) is 25.7 Å². The maximum absolute atomic E-state index is 9.84. The highest BCUT2D eigenvalue weighted by atomic mass is 16.5. The molecule has 0 fully saturated rings. The van der Waals surface area contributed by atoms with Crippen LogP contribution >= 0.6 is 0 Å². The largest absolute Gasteiger partial charge is 0.361 e. The minimum Gasteiger partial charge on any atom is -0.361 e. The van der Waals surface area contributed by atoms with Crippen LogP contribution in [0.4, 0.5) is 0 Å². The van der Waals surface area contributed by atoms with E-state index >= 15 is 0 Å². The lowest BCUT2D eigenvalue weighted by atomic mass is 10.2. The van der Waals surface area contributed by atoms with Crippen molar-refractivity contribution in [3.8, 4) is 0 Å². The third kappa shape index (κ3) is 7.88. The molecule has 0 aromatic heterocycles. The Morgan fingerprint density at radius 1 is 1.11 bits per heavy atom. The number of rotatable bonds is 5. The highest BCUT2D eigenvalue weighted by Gasteiger charge is 1.97. The summed E-state index contributed by atoms with van der Waals surface area (Å²) in [6, 6.07) is 0. The van der Waals surface area contributed by atoms with E-state index in [0.717, 1.165) is 6.42 Å². The van der Waals surface area contributed by atoms with Crippen LogP contribution < -0.4 is 0 Å². The Kier molecular flexibility index (Phi) is 5.93. The van der Waals surface area contributed by atoms with Gasteiger partial charge in [-0.1, -0.05) is 6.42 Å². The Labute approximate surface area is 54.9 Å². The first kappa shape index (κ1) is 8.88. The number of aliphatic hydroxyl groups is 2.